The molecule has 1 aromatic rings. The van der Waals surface area contributed by atoms with Crippen molar-refractivity contribution in [3.63, 3.8) is 0 Å². The van der Waals surface area contributed by atoms with Gasteiger partial charge in [-0.15, -0.1) is 0 Å². The summed E-state index contributed by atoms with van der Waals surface area (Å²) in [7, 11) is 2.26. The summed E-state index contributed by atoms with van der Waals surface area (Å²) in [6.07, 6.45) is 6.96. The number of hydrogen-bond acceptors (Lipinski definition) is 2. The summed E-state index contributed by atoms with van der Waals surface area (Å²) >= 11 is 0. The molecule has 3 unspecified atom stereocenters. The summed E-state index contributed by atoms with van der Waals surface area (Å²) in [5.74, 6) is 0.445. The van der Waals surface area contributed by atoms with Gasteiger partial charge < -0.3 is 10.0 Å². The van der Waals surface area contributed by atoms with Crippen molar-refractivity contribution in [2.45, 2.75) is 63.6 Å². The molecule has 2 aliphatic heterocycles. The van der Waals surface area contributed by atoms with E-state index in [0.717, 1.165) is 31.2 Å². The molecule has 3 rings (SSSR count). The van der Waals surface area contributed by atoms with Crippen LogP contribution in [0.5, 0.6) is 0 Å². The van der Waals surface area contributed by atoms with Gasteiger partial charge in [-0.3, -0.25) is 0 Å². The average Bonchev–Trinajstić information content (AvgIpc) is 2.68. The number of rotatable bonds is 4. The fourth-order valence-corrected chi connectivity index (χ4v) is 4.20. The van der Waals surface area contributed by atoms with E-state index in [9.17, 15) is 5.11 Å². The second-order valence-corrected chi connectivity index (χ2v) is 6.72. The zero-order chi connectivity index (χ0) is 14.1. The first kappa shape index (κ1) is 14.1. The molecular weight excluding hydrogens is 246 g/mol. The Morgan fingerprint density at radius 2 is 1.95 bits per heavy atom. The molecule has 2 heteroatoms. The maximum Gasteiger partial charge on any atom is 0.0819 e. The molecule has 2 bridgehead atoms. The fraction of sp³-hybridized carbons (Fsp3) is 0.667. The summed E-state index contributed by atoms with van der Waals surface area (Å²) in [6.45, 7) is 2.21. The SMILES string of the molecule is CCCc1cccc(C(O)C2CC3CCC(C2)N3C)c1. The van der Waals surface area contributed by atoms with Crippen LogP contribution in [-0.4, -0.2) is 29.1 Å². The number of aryl methyl sites for hydroxylation is 1. The fourth-order valence-electron chi connectivity index (χ4n) is 4.20. The minimum Gasteiger partial charge on any atom is -0.388 e. The predicted molar refractivity (Wildman–Crippen MR) is 82.7 cm³/mol. The number of fused-ring (bicyclic) bond motifs is 2. The third kappa shape index (κ3) is 2.64. The molecule has 0 aliphatic carbocycles. The van der Waals surface area contributed by atoms with Gasteiger partial charge in [0.05, 0.1) is 6.10 Å². The van der Waals surface area contributed by atoms with Crippen LogP contribution in [0.2, 0.25) is 0 Å². The van der Waals surface area contributed by atoms with Crippen molar-refractivity contribution >= 4 is 0 Å². The Morgan fingerprint density at radius 1 is 1.25 bits per heavy atom. The van der Waals surface area contributed by atoms with E-state index in [4.69, 9.17) is 0 Å². The Kier molecular flexibility index (Phi) is 4.13. The molecule has 0 aromatic heterocycles. The van der Waals surface area contributed by atoms with Crippen molar-refractivity contribution in [3.8, 4) is 0 Å². The number of aliphatic hydroxyl groups excluding tert-OH is 1. The zero-order valence-corrected chi connectivity index (χ0v) is 12.8. The normalized spacial score (nSPS) is 31.4. The van der Waals surface area contributed by atoms with E-state index in [1.54, 1.807) is 0 Å². The number of piperidine rings is 1. The van der Waals surface area contributed by atoms with Crippen molar-refractivity contribution in [1.29, 1.82) is 0 Å². The molecule has 3 atom stereocenters. The molecule has 2 aliphatic rings. The molecular formula is C18H27NO. The van der Waals surface area contributed by atoms with Gasteiger partial charge in [0.2, 0.25) is 0 Å². The van der Waals surface area contributed by atoms with Crippen molar-refractivity contribution in [2.75, 3.05) is 7.05 Å². The first-order valence-electron chi connectivity index (χ1n) is 8.18. The zero-order valence-electron chi connectivity index (χ0n) is 12.8. The Hall–Kier alpha value is -0.860. The van der Waals surface area contributed by atoms with Crippen LogP contribution in [-0.2, 0) is 6.42 Å². The van der Waals surface area contributed by atoms with Gasteiger partial charge in [-0.2, -0.15) is 0 Å². The van der Waals surface area contributed by atoms with Gasteiger partial charge in [0.25, 0.3) is 0 Å². The van der Waals surface area contributed by atoms with Crippen molar-refractivity contribution < 1.29 is 5.11 Å². The summed E-state index contributed by atoms with van der Waals surface area (Å²) in [4.78, 5) is 2.54. The highest BCUT2D eigenvalue weighted by molar-refractivity contribution is 5.26. The molecule has 0 saturated carbocycles. The van der Waals surface area contributed by atoms with E-state index in [0.29, 0.717) is 18.0 Å². The predicted octanol–water partition coefficient (Wildman–Crippen LogP) is 3.55. The van der Waals surface area contributed by atoms with Gasteiger partial charge in [0.1, 0.15) is 0 Å². The van der Waals surface area contributed by atoms with Crippen LogP contribution >= 0.6 is 0 Å². The monoisotopic (exact) mass is 273 g/mol. The lowest BCUT2D eigenvalue weighted by molar-refractivity contribution is 0.0356. The van der Waals surface area contributed by atoms with Crippen LogP contribution in [0.4, 0.5) is 0 Å². The van der Waals surface area contributed by atoms with E-state index in [1.807, 2.05) is 0 Å². The molecule has 20 heavy (non-hydrogen) atoms. The van der Waals surface area contributed by atoms with Crippen LogP contribution < -0.4 is 0 Å². The van der Waals surface area contributed by atoms with Gasteiger partial charge in [-0.1, -0.05) is 37.6 Å². The number of nitrogens with zero attached hydrogens (tertiary/aromatic N) is 1. The van der Waals surface area contributed by atoms with Gasteiger partial charge in [-0.05, 0) is 56.2 Å². The largest absolute Gasteiger partial charge is 0.388 e. The Morgan fingerprint density at radius 3 is 2.60 bits per heavy atom. The first-order valence-corrected chi connectivity index (χ1v) is 8.18. The lowest BCUT2D eigenvalue weighted by Gasteiger charge is -2.38. The van der Waals surface area contributed by atoms with Crippen LogP contribution in [0, 0.1) is 5.92 Å². The van der Waals surface area contributed by atoms with E-state index in [1.165, 1.54) is 18.4 Å². The highest BCUT2D eigenvalue weighted by Gasteiger charge is 2.40. The topological polar surface area (TPSA) is 23.5 Å². The number of hydrogen-bond donors (Lipinski definition) is 1. The second-order valence-electron chi connectivity index (χ2n) is 6.72. The highest BCUT2D eigenvalue weighted by atomic mass is 16.3. The van der Waals surface area contributed by atoms with E-state index in [2.05, 4.69) is 43.1 Å². The minimum atomic E-state index is -0.274. The lowest BCUT2D eigenvalue weighted by Crippen LogP contribution is -2.41. The second kappa shape index (κ2) is 5.87. The smallest absolute Gasteiger partial charge is 0.0819 e. The van der Waals surface area contributed by atoms with Gasteiger partial charge in [0.15, 0.2) is 0 Å². The van der Waals surface area contributed by atoms with Crippen molar-refractivity contribution in [2.24, 2.45) is 5.92 Å². The van der Waals surface area contributed by atoms with Gasteiger partial charge in [0, 0.05) is 12.1 Å². The van der Waals surface area contributed by atoms with Gasteiger partial charge >= 0.3 is 0 Å². The van der Waals surface area contributed by atoms with Crippen LogP contribution in [0.25, 0.3) is 0 Å². The molecule has 0 spiro atoms. The highest BCUT2D eigenvalue weighted by Crippen LogP contribution is 2.42. The summed E-state index contributed by atoms with van der Waals surface area (Å²) < 4.78 is 0. The number of benzene rings is 1. The van der Waals surface area contributed by atoms with E-state index < -0.39 is 0 Å². The van der Waals surface area contributed by atoms with Crippen LogP contribution in [0.15, 0.2) is 24.3 Å². The van der Waals surface area contributed by atoms with Crippen molar-refractivity contribution in [1.82, 2.24) is 4.90 Å². The Labute approximate surface area is 122 Å². The van der Waals surface area contributed by atoms with Crippen LogP contribution in [0.3, 0.4) is 0 Å². The van der Waals surface area contributed by atoms with Crippen LogP contribution in [0.1, 0.15) is 56.3 Å². The summed E-state index contributed by atoms with van der Waals surface area (Å²) in [5, 5.41) is 10.8. The minimum absolute atomic E-state index is 0.274. The molecule has 2 saturated heterocycles. The third-order valence-corrected chi connectivity index (χ3v) is 5.41. The molecule has 0 amide bonds. The molecule has 2 fully saturated rings. The Balaban J connectivity index is 1.72. The maximum absolute atomic E-state index is 10.8. The molecule has 2 heterocycles. The molecule has 2 nitrogen and oxygen atoms in total. The molecule has 110 valence electrons. The molecule has 1 aromatic carbocycles. The summed E-state index contributed by atoms with van der Waals surface area (Å²) in [6, 6.07) is 10.0. The average molecular weight is 273 g/mol. The van der Waals surface area contributed by atoms with Crippen molar-refractivity contribution in [3.05, 3.63) is 35.4 Å². The first-order chi connectivity index (χ1) is 9.69. The standard InChI is InChI=1S/C18H27NO/c1-3-5-13-6-4-7-14(10-13)18(20)15-11-16-8-9-17(12-15)19(16)2/h4,6-7,10,15-18,20H,3,5,8-9,11-12H2,1-2H3. The molecule has 1 N–H and O–H groups in total. The maximum atomic E-state index is 10.8. The third-order valence-electron chi connectivity index (χ3n) is 5.41. The lowest BCUT2D eigenvalue weighted by atomic mass is 9.83. The quantitative estimate of drug-likeness (QED) is 0.907. The van der Waals surface area contributed by atoms with Gasteiger partial charge in [-0.25, -0.2) is 0 Å². The van der Waals surface area contributed by atoms with E-state index >= 15 is 0 Å². The molecule has 0 radical (unpaired) electrons. The van der Waals surface area contributed by atoms with E-state index in [-0.39, 0.29) is 6.10 Å². The summed E-state index contributed by atoms with van der Waals surface area (Å²) in [5.41, 5.74) is 2.49. The Bertz CT molecular complexity index is 444. The number of aliphatic hydroxyl groups is 1.